The summed E-state index contributed by atoms with van der Waals surface area (Å²) in [6.07, 6.45) is 0.153. The van der Waals surface area contributed by atoms with E-state index in [4.69, 9.17) is 10.2 Å². The average Bonchev–Trinajstić information content (AvgIpc) is 1.98. The Kier molecular flexibility index (Phi) is 5.79. The van der Waals surface area contributed by atoms with E-state index in [1.165, 1.54) is 4.90 Å². The van der Waals surface area contributed by atoms with Crippen molar-refractivity contribution in [2.24, 2.45) is 0 Å². The molecule has 0 amide bonds. The zero-order chi connectivity index (χ0) is 10.3. The molecule has 0 aliphatic carbocycles. The second-order valence-corrected chi connectivity index (χ2v) is 2.54. The summed E-state index contributed by atoms with van der Waals surface area (Å²) in [5, 5.41) is 16.7. The molecule has 0 heterocycles. The Morgan fingerprint density at radius 1 is 1.15 bits per heavy atom. The summed E-state index contributed by atoms with van der Waals surface area (Å²) in [4.78, 5) is 21.6. The van der Waals surface area contributed by atoms with Crippen LogP contribution in [0.2, 0.25) is 0 Å². The van der Waals surface area contributed by atoms with E-state index in [1.807, 2.05) is 0 Å². The monoisotopic (exact) mass is 193 g/mol. The molecule has 0 unspecified atom stereocenters. The zero-order valence-electron chi connectivity index (χ0n) is 7.07. The van der Waals surface area contributed by atoms with Crippen LogP contribution in [0.15, 0.2) is 0 Å². The molecule has 0 saturated heterocycles. The third-order valence-electron chi connectivity index (χ3n) is 1.33. The largest absolute Gasteiger partial charge is 0.480 e. The lowest BCUT2D eigenvalue weighted by Gasteiger charge is -2.16. The number of nitrogens with zero attached hydrogens (tertiary/aromatic N) is 1. The van der Waals surface area contributed by atoms with Crippen molar-refractivity contribution >= 4 is 11.9 Å². The quantitative estimate of drug-likeness (QED) is 0.586. The van der Waals surface area contributed by atoms with Crippen molar-refractivity contribution in [1.29, 1.82) is 0 Å². The number of rotatable bonds is 7. The van der Waals surface area contributed by atoms with Gasteiger partial charge in [-0.2, -0.15) is 0 Å². The van der Waals surface area contributed by atoms with Crippen LogP contribution in [-0.4, -0.2) is 53.4 Å². The summed E-state index contributed by atoms with van der Waals surface area (Å²) in [5.41, 5.74) is 0. The third-order valence-corrected chi connectivity index (χ3v) is 1.33. The predicted molar refractivity (Wildman–Crippen MR) is 42.3 cm³/mol. The van der Waals surface area contributed by atoms with Crippen LogP contribution in [0, 0.1) is 0 Å². The normalized spacial score (nSPS) is 10.3. The van der Waals surface area contributed by atoms with Crippen molar-refractivity contribution in [3.8, 4) is 0 Å². The van der Waals surface area contributed by atoms with Crippen LogP contribution in [0.5, 0.6) is 0 Å². The number of carboxylic acids is 2. The van der Waals surface area contributed by atoms with Crippen molar-refractivity contribution in [2.75, 3.05) is 26.3 Å². The minimum atomic E-state index is -1.11. The van der Waals surface area contributed by atoms with Crippen molar-refractivity contribution in [3.63, 3.8) is 0 Å². The van der Waals surface area contributed by atoms with Gasteiger partial charge in [-0.15, -0.1) is 0 Å². The Labute approximate surface area is 74.8 Å². The van der Waals surface area contributed by atoms with Crippen molar-refractivity contribution < 1.29 is 24.2 Å². The van der Waals surface area contributed by atoms with Crippen molar-refractivity contribution in [2.45, 2.75) is 6.42 Å². The maximum absolute atomic E-state index is 11.7. The van der Waals surface area contributed by atoms with E-state index in [0.717, 1.165) is 0 Å². The molecule has 0 aromatic rings. The second-order valence-electron chi connectivity index (χ2n) is 2.54. The van der Waals surface area contributed by atoms with E-state index < -0.39 is 18.6 Å². The highest BCUT2D eigenvalue weighted by Gasteiger charge is 2.12. The molecule has 0 atom stereocenters. The summed E-state index contributed by atoms with van der Waals surface area (Å²) in [7, 11) is 0. The molecule has 0 aromatic carbocycles. The number of alkyl halides is 1. The van der Waals surface area contributed by atoms with Gasteiger partial charge in [-0.3, -0.25) is 18.9 Å². The van der Waals surface area contributed by atoms with Gasteiger partial charge >= 0.3 is 11.9 Å². The molecule has 0 fully saturated rings. The molecule has 2 N–H and O–H groups in total. The fourth-order valence-corrected chi connectivity index (χ4v) is 0.880. The van der Waals surface area contributed by atoms with Crippen LogP contribution in [0.1, 0.15) is 6.42 Å². The molecule has 0 aliphatic heterocycles. The van der Waals surface area contributed by atoms with E-state index in [0.29, 0.717) is 0 Å². The van der Waals surface area contributed by atoms with Gasteiger partial charge in [-0.1, -0.05) is 0 Å². The van der Waals surface area contributed by atoms with Gasteiger partial charge in [0.15, 0.2) is 0 Å². The summed E-state index contributed by atoms with van der Waals surface area (Å²) in [6, 6.07) is 0. The molecule has 0 bridgehead atoms. The maximum Gasteiger partial charge on any atom is 0.317 e. The summed E-state index contributed by atoms with van der Waals surface area (Å²) in [5.74, 6) is -2.22. The SMILES string of the molecule is O=C(O)CN(CCCF)CC(=O)O. The van der Waals surface area contributed by atoms with Gasteiger partial charge < -0.3 is 10.2 Å². The van der Waals surface area contributed by atoms with E-state index in [2.05, 4.69) is 0 Å². The third kappa shape index (κ3) is 7.20. The first kappa shape index (κ1) is 11.8. The minimum Gasteiger partial charge on any atom is -0.480 e. The molecule has 6 heteroatoms. The number of hydrogen-bond donors (Lipinski definition) is 2. The van der Waals surface area contributed by atoms with Gasteiger partial charge in [0, 0.05) is 6.54 Å². The molecule has 0 radical (unpaired) electrons. The summed E-state index contributed by atoms with van der Waals surface area (Å²) < 4.78 is 11.7. The lowest BCUT2D eigenvalue weighted by atomic mass is 10.4. The van der Waals surface area contributed by atoms with E-state index in [-0.39, 0.29) is 26.1 Å². The topological polar surface area (TPSA) is 77.8 Å². The van der Waals surface area contributed by atoms with Gasteiger partial charge in [0.25, 0.3) is 0 Å². The molecule has 13 heavy (non-hydrogen) atoms. The molecule has 0 saturated carbocycles. The zero-order valence-corrected chi connectivity index (χ0v) is 7.07. The predicted octanol–water partition coefficient (Wildman–Crippen LogP) is -0.183. The second kappa shape index (κ2) is 6.36. The van der Waals surface area contributed by atoms with E-state index in [1.54, 1.807) is 0 Å². The van der Waals surface area contributed by atoms with Gasteiger partial charge in [0.1, 0.15) is 0 Å². The number of halogens is 1. The van der Waals surface area contributed by atoms with Crippen molar-refractivity contribution in [3.05, 3.63) is 0 Å². The Hall–Kier alpha value is -1.17. The maximum atomic E-state index is 11.7. The van der Waals surface area contributed by atoms with Crippen LogP contribution in [0.4, 0.5) is 4.39 Å². The average molecular weight is 193 g/mol. The Morgan fingerprint density at radius 3 is 1.92 bits per heavy atom. The highest BCUT2D eigenvalue weighted by Crippen LogP contribution is 1.92. The highest BCUT2D eigenvalue weighted by molar-refractivity contribution is 5.72. The first-order chi connectivity index (χ1) is 6.06. The fraction of sp³-hybridized carbons (Fsp3) is 0.714. The van der Waals surface area contributed by atoms with Crippen LogP contribution >= 0.6 is 0 Å². The number of aliphatic carboxylic acids is 2. The Balaban J connectivity index is 3.87. The summed E-state index contributed by atoms with van der Waals surface area (Å²) >= 11 is 0. The van der Waals surface area contributed by atoms with Crippen LogP contribution in [0.3, 0.4) is 0 Å². The number of hydrogen-bond acceptors (Lipinski definition) is 3. The molecule has 0 aromatic heterocycles. The van der Waals surface area contributed by atoms with Gasteiger partial charge in [-0.05, 0) is 6.42 Å². The molecule has 0 rings (SSSR count). The smallest absolute Gasteiger partial charge is 0.317 e. The van der Waals surface area contributed by atoms with Crippen LogP contribution in [0.25, 0.3) is 0 Å². The lowest BCUT2D eigenvalue weighted by molar-refractivity contribution is -0.141. The van der Waals surface area contributed by atoms with E-state index in [9.17, 15) is 14.0 Å². The standard InChI is InChI=1S/C7H12FNO4/c8-2-1-3-9(4-6(10)11)5-7(12)13/h1-5H2,(H,10,11)(H,12,13). The molecule has 76 valence electrons. The molecule has 0 spiro atoms. The highest BCUT2D eigenvalue weighted by atomic mass is 19.1. The minimum absolute atomic E-state index is 0.148. The van der Waals surface area contributed by atoms with Gasteiger partial charge in [0.05, 0.1) is 19.8 Å². The van der Waals surface area contributed by atoms with Gasteiger partial charge in [-0.25, -0.2) is 0 Å². The number of carbonyl (C=O) groups is 2. The van der Waals surface area contributed by atoms with Crippen LogP contribution < -0.4 is 0 Å². The van der Waals surface area contributed by atoms with E-state index >= 15 is 0 Å². The first-order valence-corrected chi connectivity index (χ1v) is 3.78. The summed E-state index contributed by atoms with van der Waals surface area (Å²) in [6.45, 7) is -1.16. The molecular formula is C7H12FNO4. The lowest BCUT2D eigenvalue weighted by Crippen LogP contribution is -2.35. The van der Waals surface area contributed by atoms with Crippen LogP contribution in [-0.2, 0) is 9.59 Å². The first-order valence-electron chi connectivity index (χ1n) is 3.78. The Bertz CT molecular complexity index is 169. The number of carboxylic acid groups (broad SMARTS) is 2. The molecular weight excluding hydrogens is 181 g/mol. The molecule has 0 aliphatic rings. The Morgan fingerprint density at radius 2 is 1.62 bits per heavy atom. The molecule has 5 nitrogen and oxygen atoms in total. The fourth-order valence-electron chi connectivity index (χ4n) is 0.880. The van der Waals surface area contributed by atoms with Crippen molar-refractivity contribution in [1.82, 2.24) is 4.90 Å². The van der Waals surface area contributed by atoms with Gasteiger partial charge in [0.2, 0.25) is 0 Å².